The summed E-state index contributed by atoms with van der Waals surface area (Å²) < 4.78 is 29.2. The molecule has 1 aliphatic heterocycles. The normalized spacial score (nSPS) is 17.3. The number of hydrogen-bond donors (Lipinski definition) is 1. The van der Waals surface area contributed by atoms with Gasteiger partial charge in [0.1, 0.15) is 5.82 Å². The van der Waals surface area contributed by atoms with Gasteiger partial charge in [-0.3, -0.25) is 4.79 Å². The summed E-state index contributed by atoms with van der Waals surface area (Å²) in [7, 11) is 0. The van der Waals surface area contributed by atoms with E-state index >= 15 is 0 Å². The maximum atomic E-state index is 13.2. The third-order valence-corrected chi connectivity index (χ3v) is 4.77. The van der Waals surface area contributed by atoms with E-state index in [1.165, 1.54) is 17.7 Å². The maximum absolute atomic E-state index is 13.2. The van der Waals surface area contributed by atoms with Gasteiger partial charge in [-0.1, -0.05) is 41.5 Å². The van der Waals surface area contributed by atoms with Gasteiger partial charge >= 0.3 is 0 Å². The zero-order valence-electron chi connectivity index (χ0n) is 19.5. The quantitative estimate of drug-likeness (QED) is 0.544. The van der Waals surface area contributed by atoms with Crippen LogP contribution in [0.4, 0.5) is 10.1 Å². The van der Waals surface area contributed by atoms with E-state index < -0.39 is 0 Å². The van der Waals surface area contributed by atoms with Crippen molar-refractivity contribution < 1.29 is 23.4 Å². The molecular weight excluding hydrogens is 397 g/mol. The van der Waals surface area contributed by atoms with Gasteiger partial charge in [0.15, 0.2) is 11.5 Å². The predicted molar refractivity (Wildman–Crippen MR) is 123 cm³/mol. The number of rotatable bonds is 5. The van der Waals surface area contributed by atoms with E-state index in [2.05, 4.69) is 5.32 Å². The fourth-order valence-electron chi connectivity index (χ4n) is 3.53. The standard InChI is InChI=1S/C19H18FNO4.3C2H6/c20-14-3-5-15(6-4-14)21-19-13(9-23-10-22)2-1-12-7-17-18(8-16(12)19)25-11-24-17;3*1-2/h3-8,10,13,19,21H,1-2,9,11H2;3*1-2H3/t13-,19?;;;/m1.../s1. The highest BCUT2D eigenvalue weighted by Gasteiger charge is 2.32. The molecule has 6 heteroatoms. The van der Waals surface area contributed by atoms with Crippen LogP contribution < -0.4 is 14.8 Å². The van der Waals surface area contributed by atoms with Gasteiger partial charge in [0.05, 0.1) is 12.6 Å². The van der Waals surface area contributed by atoms with Crippen LogP contribution in [0.1, 0.15) is 65.1 Å². The number of benzene rings is 2. The van der Waals surface area contributed by atoms with Crippen LogP contribution in [0.25, 0.3) is 0 Å². The minimum Gasteiger partial charge on any atom is -0.468 e. The van der Waals surface area contributed by atoms with Gasteiger partial charge in [-0.2, -0.15) is 0 Å². The Morgan fingerprint density at radius 1 is 1.03 bits per heavy atom. The van der Waals surface area contributed by atoms with Crippen molar-refractivity contribution in [1.29, 1.82) is 0 Å². The smallest absolute Gasteiger partial charge is 0.293 e. The number of ether oxygens (including phenoxy) is 3. The average molecular weight is 434 g/mol. The van der Waals surface area contributed by atoms with Crippen LogP contribution in [0.3, 0.4) is 0 Å². The van der Waals surface area contributed by atoms with Gasteiger partial charge in [-0.05, 0) is 60.4 Å². The van der Waals surface area contributed by atoms with Crippen LogP contribution in [0.2, 0.25) is 0 Å². The Balaban J connectivity index is 0.000000739. The minimum atomic E-state index is -0.279. The monoisotopic (exact) mass is 433 g/mol. The lowest BCUT2D eigenvalue weighted by atomic mass is 9.79. The molecule has 0 spiro atoms. The van der Waals surface area contributed by atoms with E-state index in [9.17, 15) is 9.18 Å². The van der Waals surface area contributed by atoms with Crippen molar-refractivity contribution in [2.45, 2.75) is 60.4 Å². The van der Waals surface area contributed by atoms with Gasteiger partial charge in [-0.15, -0.1) is 0 Å². The summed E-state index contributed by atoms with van der Waals surface area (Å²) in [5.41, 5.74) is 3.10. The highest BCUT2D eigenvalue weighted by molar-refractivity contribution is 5.54. The Hall–Kier alpha value is -2.76. The highest BCUT2D eigenvalue weighted by Crippen LogP contribution is 2.43. The molecule has 2 aliphatic rings. The number of anilines is 1. The number of carbonyl (C=O) groups excluding carboxylic acids is 1. The van der Waals surface area contributed by atoms with Crippen LogP contribution in [-0.2, 0) is 16.0 Å². The zero-order chi connectivity index (χ0) is 23.2. The molecule has 0 saturated carbocycles. The first-order valence-corrected chi connectivity index (χ1v) is 11.2. The Labute approximate surface area is 185 Å². The highest BCUT2D eigenvalue weighted by atomic mass is 19.1. The molecule has 1 unspecified atom stereocenters. The van der Waals surface area contributed by atoms with Crippen molar-refractivity contribution in [1.82, 2.24) is 0 Å². The lowest BCUT2D eigenvalue weighted by molar-refractivity contribution is -0.130. The molecule has 1 heterocycles. The molecular formula is C25H36FNO4. The first kappa shape index (κ1) is 26.3. The fourth-order valence-corrected chi connectivity index (χ4v) is 3.53. The molecule has 0 bridgehead atoms. The van der Waals surface area contributed by atoms with Crippen molar-refractivity contribution >= 4 is 12.2 Å². The maximum Gasteiger partial charge on any atom is 0.293 e. The fraction of sp³-hybridized carbons (Fsp3) is 0.480. The molecule has 2 aromatic carbocycles. The largest absolute Gasteiger partial charge is 0.468 e. The molecule has 5 nitrogen and oxygen atoms in total. The zero-order valence-corrected chi connectivity index (χ0v) is 19.5. The van der Waals surface area contributed by atoms with Crippen LogP contribution >= 0.6 is 0 Å². The Morgan fingerprint density at radius 3 is 2.26 bits per heavy atom. The molecule has 31 heavy (non-hydrogen) atoms. The number of fused-ring (bicyclic) bond motifs is 2. The number of carbonyl (C=O) groups is 1. The van der Waals surface area contributed by atoms with Crippen LogP contribution in [-0.4, -0.2) is 19.9 Å². The molecule has 0 saturated heterocycles. The van der Waals surface area contributed by atoms with Gasteiger partial charge in [0.2, 0.25) is 6.79 Å². The summed E-state index contributed by atoms with van der Waals surface area (Å²) in [6.07, 6.45) is 1.75. The number of aryl methyl sites for hydroxylation is 1. The second-order valence-corrected chi connectivity index (χ2v) is 6.26. The Morgan fingerprint density at radius 2 is 1.65 bits per heavy atom. The predicted octanol–water partition coefficient (Wildman–Crippen LogP) is 6.52. The minimum absolute atomic E-state index is 0.0661. The van der Waals surface area contributed by atoms with E-state index in [0.717, 1.165) is 35.6 Å². The number of hydrogen-bond acceptors (Lipinski definition) is 5. The van der Waals surface area contributed by atoms with Crippen LogP contribution in [0.15, 0.2) is 36.4 Å². The summed E-state index contributed by atoms with van der Waals surface area (Å²) in [5, 5.41) is 3.46. The summed E-state index contributed by atoms with van der Waals surface area (Å²) in [6.45, 7) is 13.0. The topological polar surface area (TPSA) is 56.8 Å². The lowest BCUT2D eigenvalue weighted by Crippen LogP contribution is -2.30. The molecule has 0 radical (unpaired) electrons. The third-order valence-electron chi connectivity index (χ3n) is 4.77. The number of halogens is 1. The van der Waals surface area contributed by atoms with E-state index in [1.54, 1.807) is 12.1 Å². The van der Waals surface area contributed by atoms with E-state index in [0.29, 0.717) is 13.1 Å². The van der Waals surface area contributed by atoms with Gasteiger partial charge in [0, 0.05) is 11.6 Å². The van der Waals surface area contributed by atoms with Gasteiger partial charge < -0.3 is 19.5 Å². The van der Waals surface area contributed by atoms with Crippen molar-refractivity contribution in [3.05, 3.63) is 53.3 Å². The van der Waals surface area contributed by atoms with Crippen LogP contribution in [0.5, 0.6) is 11.5 Å². The molecule has 172 valence electrons. The molecule has 4 rings (SSSR count). The molecule has 1 aliphatic carbocycles. The second kappa shape index (κ2) is 14.3. The Kier molecular flexibility index (Phi) is 12.1. The summed E-state index contributed by atoms with van der Waals surface area (Å²) in [5.74, 6) is 1.32. The molecule has 0 fully saturated rings. The third kappa shape index (κ3) is 6.88. The van der Waals surface area contributed by atoms with Crippen LogP contribution in [0, 0.1) is 11.7 Å². The van der Waals surface area contributed by atoms with Crippen molar-refractivity contribution in [3.8, 4) is 11.5 Å². The van der Waals surface area contributed by atoms with Gasteiger partial charge in [0.25, 0.3) is 6.47 Å². The van der Waals surface area contributed by atoms with Crippen molar-refractivity contribution in [3.63, 3.8) is 0 Å². The molecule has 0 amide bonds. The first-order valence-electron chi connectivity index (χ1n) is 11.2. The molecule has 0 aromatic heterocycles. The Bertz CT molecular complexity index is 780. The van der Waals surface area contributed by atoms with E-state index in [-0.39, 0.29) is 24.6 Å². The van der Waals surface area contributed by atoms with Gasteiger partial charge in [-0.25, -0.2) is 4.39 Å². The SMILES string of the molecule is CC.CC.CC.O=COC[C@H]1CCc2cc3c(cc2C1Nc1ccc(F)cc1)OCO3. The van der Waals surface area contributed by atoms with Crippen molar-refractivity contribution in [2.24, 2.45) is 5.92 Å². The molecule has 1 N–H and O–H groups in total. The number of nitrogens with one attached hydrogen (secondary N) is 1. The second-order valence-electron chi connectivity index (χ2n) is 6.26. The molecule has 2 atom stereocenters. The summed E-state index contributed by atoms with van der Waals surface area (Å²) in [6, 6.07) is 10.2. The first-order chi connectivity index (χ1) is 15.2. The lowest BCUT2D eigenvalue weighted by Gasteiger charge is -2.34. The summed E-state index contributed by atoms with van der Waals surface area (Å²) >= 11 is 0. The average Bonchev–Trinajstić information content (AvgIpc) is 3.30. The van der Waals surface area contributed by atoms with E-state index in [1.807, 2.05) is 53.7 Å². The summed E-state index contributed by atoms with van der Waals surface area (Å²) in [4.78, 5) is 10.6. The molecule has 2 aromatic rings. The van der Waals surface area contributed by atoms with E-state index in [4.69, 9.17) is 14.2 Å². The van der Waals surface area contributed by atoms with Crippen molar-refractivity contribution in [2.75, 3.05) is 18.7 Å².